The second-order valence-corrected chi connectivity index (χ2v) is 9.70. The number of methoxy groups -OCH3 is 1. The number of halogens is 2. The summed E-state index contributed by atoms with van der Waals surface area (Å²) in [4.78, 5) is 25.8. The number of esters is 1. The van der Waals surface area contributed by atoms with Crippen LogP contribution in [0.5, 0.6) is 11.5 Å². The molecule has 0 fully saturated rings. The van der Waals surface area contributed by atoms with E-state index < -0.39 is 11.9 Å². The molecule has 9 heteroatoms. The topological polar surface area (TPSA) is 97.1 Å². The number of carbonyl (C=O) groups excluding carboxylic acids is 2. The summed E-state index contributed by atoms with van der Waals surface area (Å²) in [5.74, 6) is 0.0649. The average Bonchev–Trinajstić information content (AvgIpc) is 2.82. The molecule has 0 spiro atoms. The Morgan fingerprint density at radius 3 is 2.74 bits per heavy atom. The van der Waals surface area contributed by atoms with Crippen molar-refractivity contribution in [3.05, 3.63) is 78.9 Å². The largest absolute Gasteiger partial charge is 0.490 e. The van der Waals surface area contributed by atoms with Crippen LogP contribution in [0.25, 0.3) is 0 Å². The monoisotopic (exact) mass is 609 g/mol. The van der Waals surface area contributed by atoms with Crippen molar-refractivity contribution in [2.75, 3.05) is 13.7 Å². The van der Waals surface area contributed by atoms with Crippen LogP contribution in [0.3, 0.4) is 0 Å². The van der Waals surface area contributed by atoms with Crippen LogP contribution in [0.1, 0.15) is 43.2 Å². The van der Waals surface area contributed by atoms with Crippen molar-refractivity contribution in [3.8, 4) is 11.5 Å². The first-order chi connectivity index (χ1) is 16.8. The third-order valence-corrected chi connectivity index (χ3v) is 6.86. The molecule has 0 saturated carbocycles. The maximum atomic E-state index is 13.0. The number of carbonyl (C=O) groups is 2. The Morgan fingerprint density at radius 1 is 1.23 bits per heavy atom. The Bertz CT molecular complexity index is 1240. The molecule has 0 bridgehead atoms. The average molecular weight is 610 g/mol. The van der Waals surface area contributed by atoms with Crippen LogP contribution in [-0.2, 0) is 25.7 Å². The number of ketones is 1. The highest BCUT2D eigenvalue weighted by atomic mass is 127. The molecule has 184 valence electrons. The van der Waals surface area contributed by atoms with Crippen molar-refractivity contribution < 1.29 is 28.5 Å². The van der Waals surface area contributed by atoms with E-state index in [9.17, 15) is 9.59 Å². The van der Waals surface area contributed by atoms with Gasteiger partial charge < -0.3 is 24.7 Å². The maximum absolute atomic E-state index is 13.0. The van der Waals surface area contributed by atoms with E-state index >= 15 is 0 Å². The van der Waals surface area contributed by atoms with Crippen LogP contribution in [-0.4, -0.2) is 25.5 Å². The molecule has 0 radical (unpaired) electrons. The highest BCUT2D eigenvalue weighted by Gasteiger charge is 2.41. The van der Waals surface area contributed by atoms with E-state index in [0.29, 0.717) is 65.9 Å². The predicted octanol–water partition coefficient (Wildman–Crippen LogP) is 5.39. The molecule has 0 aromatic heterocycles. The Labute approximate surface area is 222 Å². The Kier molecular flexibility index (Phi) is 7.91. The van der Waals surface area contributed by atoms with Gasteiger partial charge in [-0.3, -0.25) is 4.79 Å². The molecule has 1 aliphatic carbocycles. The van der Waals surface area contributed by atoms with Gasteiger partial charge in [0.25, 0.3) is 0 Å². The van der Waals surface area contributed by atoms with Crippen LogP contribution in [0, 0.1) is 3.57 Å². The van der Waals surface area contributed by atoms with Gasteiger partial charge in [-0.2, -0.15) is 0 Å². The smallest absolute Gasteiger partial charge is 0.340 e. The normalized spacial score (nSPS) is 17.6. The van der Waals surface area contributed by atoms with Crippen molar-refractivity contribution in [1.29, 1.82) is 0 Å². The standard InChI is InChI=1S/C26H25ClINO6/c1-3-33-20-12-15(11-17(28)24(20)34-13-14-6-4-7-16(27)10-14)21-22-18(30)8-5-9-19(22)35-25(29)23(21)26(31)32-2/h4,6-7,10-12,21H,3,5,8-9,13,29H2,1-2H3/t21-/m1/s1. The molecular formula is C26H25ClINO6. The lowest BCUT2D eigenvalue weighted by molar-refractivity contribution is -0.136. The van der Waals surface area contributed by atoms with Gasteiger partial charge in [0.1, 0.15) is 17.9 Å². The molecule has 1 atom stereocenters. The molecule has 0 amide bonds. The number of Topliss-reactive ketones (excluding diaryl/α,β-unsaturated/α-hetero) is 1. The highest BCUT2D eigenvalue weighted by molar-refractivity contribution is 14.1. The minimum atomic E-state index is -0.728. The first-order valence-corrected chi connectivity index (χ1v) is 12.6. The Hall–Kier alpha value is -2.72. The van der Waals surface area contributed by atoms with Crippen molar-refractivity contribution >= 4 is 45.9 Å². The molecule has 0 unspecified atom stereocenters. The van der Waals surface area contributed by atoms with Gasteiger partial charge in [0, 0.05) is 23.4 Å². The number of hydrogen-bond donors (Lipinski definition) is 1. The molecule has 1 heterocycles. The molecule has 2 aromatic carbocycles. The highest BCUT2D eigenvalue weighted by Crippen LogP contribution is 2.46. The third-order valence-electron chi connectivity index (χ3n) is 5.83. The van der Waals surface area contributed by atoms with Crippen LogP contribution in [0.2, 0.25) is 5.02 Å². The van der Waals surface area contributed by atoms with E-state index in [0.717, 1.165) is 9.13 Å². The minimum Gasteiger partial charge on any atom is -0.490 e. The Balaban J connectivity index is 1.79. The summed E-state index contributed by atoms with van der Waals surface area (Å²) in [6.45, 7) is 2.56. The molecule has 7 nitrogen and oxygen atoms in total. The third kappa shape index (κ3) is 5.28. The van der Waals surface area contributed by atoms with Crippen molar-refractivity contribution in [2.45, 2.75) is 38.7 Å². The lowest BCUT2D eigenvalue weighted by Crippen LogP contribution is -2.31. The molecule has 0 saturated heterocycles. The quantitative estimate of drug-likeness (QED) is 0.332. The van der Waals surface area contributed by atoms with Crippen LogP contribution >= 0.6 is 34.2 Å². The number of benzene rings is 2. The summed E-state index contributed by atoms with van der Waals surface area (Å²) >= 11 is 8.26. The van der Waals surface area contributed by atoms with Gasteiger partial charge in [-0.05, 0) is 71.3 Å². The second-order valence-electron chi connectivity index (χ2n) is 8.10. The van der Waals surface area contributed by atoms with Gasteiger partial charge in [0.2, 0.25) is 5.88 Å². The summed E-state index contributed by atoms with van der Waals surface area (Å²) < 4.78 is 23.5. The van der Waals surface area contributed by atoms with Crippen LogP contribution in [0.15, 0.2) is 59.2 Å². The van der Waals surface area contributed by atoms with E-state index in [-0.39, 0.29) is 17.2 Å². The SMILES string of the molecule is CCOc1cc([C@H]2C(C(=O)OC)=C(N)OC3=C2C(=O)CCC3)cc(I)c1OCc1cccc(Cl)c1. The summed E-state index contributed by atoms with van der Waals surface area (Å²) in [7, 11) is 1.27. The molecule has 4 rings (SSSR count). The summed E-state index contributed by atoms with van der Waals surface area (Å²) in [6.07, 6.45) is 1.62. The number of ether oxygens (including phenoxy) is 4. The van der Waals surface area contributed by atoms with Gasteiger partial charge in [0.05, 0.1) is 23.2 Å². The molecule has 2 aromatic rings. The minimum absolute atomic E-state index is 0.0513. The molecular weight excluding hydrogens is 585 g/mol. The lowest BCUT2D eigenvalue weighted by atomic mass is 9.77. The molecule has 2 aliphatic rings. The first kappa shape index (κ1) is 25.4. The van der Waals surface area contributed by atoms with E-state index in [1.54, 1.807) is 12.1 Å². The van der Waals surface area contributed by atoms with E-state index in [4.69, 9.17) is 36.3 Å². The maximum Gasteiger partial charge on any atom is 0.340 e. The summed E-state index contributed by atoms with van der Waals surface area (Å²) in [5.41, 5.74) is 8.29. The van der Waals surface area contributed by atoms with Crippen molar-refractivity contribution in [3.63, 3.8) is 0 Å². The van der Waals surface area contributed by atoms with Gasteiger partial charge in [-0.25, -0.2) is 4.79 Å². The van der Waals surface area contributed by atoms with E-state index in [1.807, 2.05) is 31.2 Å². The zero-order valence-corrected chi connectivity index (χ0v) is 22.3. The van der Waals surface area contributed by atoms with E-state index in [2.05, 4.69) is 22.6 Å². The van der Waals surface area contributed by atoms with Crippen molar-refractivity contribution in [1.82, 2.24) is 0 Å². The van der Waals surface area contributed by atoms with Gasteiger partial charge in [-0.1, -0.05) is 23.7 Å². The van der Waals surface area contributed by atoms with Crippen LogP contribution in [0.4, 0.5) is 0 Å². The van der Waals surface area contributed by atoms with Gasteiger partial charge in [-0.15, -0.1) is 0 Å². The predicted molar refractivity (Wildman–Crippen MR) is 139 cm³/mol. The summed E-state index contributed by atoms with van der Waals surface area (Å²) in [5, 5.41) is 0.627. The van der Waals surface area contributed by atoms with Crippen molar-refractivity contribution in [2.24, 2.45) is 5.73 Å². The van der Waals surface area contributed by atoms with Crippen LogP contribution < -0.4 is 15.2 Å². The number of hydrogen-bond acceptors (Lipinski definition) is 7. The van der Waals surface area contributed by atoms with Gasteiger partial charge >= 0.3 is 5.97 Å². The molecule has 35 heavy (non-hydrogen) atoms. The second kappa shape index (κ2) is 10.9. The number of rotatable bonds is 7. The Morgan fingerprint density at radius 2 is 2.03 bits per heavy atom. The first-order valence-electron chi connectivity index (χ1n) is 11.2. The fraction of sp³-hybridized carbons (Fsp3) is 0.308. The fourth-order valence-electron chi connectivity index (χ4n) is 4.34. The lowest BCUT2D eigenvalue weighted by Gasteiger charge is -2.32. The fourth-order valence-corrected chi connectivity index (χ4v) is 5.33. The molecule has 2 N–H and O–H groups in total. The van der Waals surface area contributed by atoms with E-state index in [1.165, 1.54) is 7.11 Å². The zero-order chi connectivity index (χ0) is 25.1. The number of allylic oxidation sites excluding steroid dienone is 2. The zero-order valence-electron chi connectivity index (χ0n) is 19.4. The molecule has 1 aliphatic heterocycles. The summed E-state index contributed by atoms with van der Waals surface area (Å²) in [6, 6.07) is 11.1. The van der Waals surface area contributed by atoms with Gasteiger partial charge in [0.15, 0.2) is 17.3 Å². The number of nitrogens with two attached hydrogens (primary N) is 1.